The Balaban J connectivity index is 2.22. The molecule has 0 radical (unpaired) electrons. The number of benzene rings is 2. The van der Waals surface area contributed by atoms with Crippen LogP contribution < -0.4 is 15.2 Å². The highest BCUT2D eigenvalue weighted by atomic mass is 32.2. The topological polar surface area (TPSA) is 95.6 Å². The molecule has 2 aromatic rings. The summed E-state index contributed by atoms with van der Waals surface area (Å²) >= 11 is 0. The number of aryl methyl sites for hydroxylation is 1. The number of carbonyl (C=O) groups is 2. The molecule has 0 aromatic heterocycles. The zero-order valence-electron chi connectivity index (χ0n) is 15.4. The number of anilines is 1. The molecule has 0 spiro atoms. The molecule has 2 rings (SSSR count). The second-order valence-electron chi connectivity index (χ2n) is 6.16. The van der Waals surface area contributed by atoms with Gasteiger partial charge in [0.05, 0.1) is 18.5 Å². The normalized spacial score (nSPS) is 11.2. The molecule has 0 bridgehead atoms. The largest absolute Gasteiger partial charge is 0.317 e. The number of sulfonamides is 1. The van der Waals surface area contributed by atoms with Crippen LogP contribution in [0.5, 0.6) is 0 Å². The second kappa shape index (κ2) is 8.95. The van der Waals surface area contributed by atoms with Crippen molar-refractivity contribution in [2.24, 2.45) is 0 Å². The van der Waals surface area contributed by atoms with Gasteiger partial charge in [0.1, 0.15) is 5.82 Å². The van der Waals surface area contributed by atoms with E-state index in [-0.39, 0.29) is 17.7 Å². The number of hydrazine groups is 1. The van der Waals surface area contributed by atoms with E-state index in [4.69, 9.17) is 0 Å². The van der Waals surface area contributed by atoms with Crippen LogP contribution in [0.1, 0.15) is 21.5 Å². The molecule has 0 aliphatic carbocycles. The van der Waals surface area contributed by atoms with E-state index in [0.717, 1.165) is 22.2 Å². The van der Waals surface area contributed by atoms with Crippen LogP contribution in [0.25, 0.3) is 0 Å². The predicted molar refractivity (Wildman–Crippen MR) is 100 cm³/mol. The maximum Gasteiger partial charge on any atom is 0.317 e. The minimum Gasteiger partial charge on any atom is -0.267 e. The van der Waals surface area contributed by atoms with E-state index in [9.17, 15) is 31.2 Å². The Bertz CT molecular complexity index is 1030. The van der Waals surface area contributed by atoms with E-state index in [1.54, 1.807) is 36.6 Å². The molecule has 156 valence electrons. The van der Waals surface area contributed by atoms with E-state index < -0.39 is 34.1 Å². The average molecular weight is 429 g/mol. The summed E-state index contributed by atoms with van der Waals surface area (Å²) < 4.78 is 64.0. The van der Waals surface area contributed by atoms with Crippen LogP contribution in [0.4, 0.5) is 18.9 Å². The van der Waals surface area contributed by atoms with Gasteiger partial charge in [0, 0.05) is 11.1 Å². The van der Waals surface area contributed by atoms with Gasteiger partial charge < -0.3 is 0 Å². The molecule has 0 atom stereocenters. The van der Waals surface area contributed by atoms with Crippen LogP contribution in [-0.2, 0) is 21.4 Å². The molecule has 7 nitrogen and oxygen atoms in total. The van der Waals surface area contributed by atoms with Crippen LogP contribution in [0.15, 0.2) is 42.5 Å². The van der Waals surface area contributed by atoms with Crippen molar-refractivity contribution in [1.82, 2.24) is 10.9 Å². The van der Waals surface area contributed by atoms with Crippen molar-refractivity contribution in [2.45, 2.75) is 19.9 Å². The molecule has 0 saturated heterocycles. The Morgan fingerprint density at radius 2 is 1.79 bits per heavy atom. The fourth-order valence-electron chi connectivity index (χ4n) is 2.40. The molecule has 2 amide bonds. The SMILES string of the molecule is Cc1cccc(N(Cc2ccc(C(=O)NNC(=O)C(F)F)cc2F)S(C)(=O)=O)c1. The predicted octanol–water partition coefficient (Wildman–Crippen LogP) is 2.13. The minimum atomic E-state index is -3.73. The van der Waals surface area contributed by atoms with Crippen molar-refractivity contribution in [3.8, 4) is 0 Å². The summed E-state index contributed by atoms with van der Waals surface area (Å²) in [6, 6.07) is 9.85. The summed E-state index contributed by atoms with van der Waals surface area (Å²) in [6.07, 6.45) is -2.33. The van der Waals surface area contributed by atoms with Crippen LogP contribution in [-0.4, -0.2) is 32.9 Å². The summed E-state index contributed by atoms with van der Waals surface area (Å²) in [4.78, 5) is 22.6. The fraction of sp³-hybridized carbons (Fsp3) is 0.222. The maximum absolute atomic E-state index is 14.5. The molecule has 2 aromatic carbocycles. The lowest BCUT2D eigenvalue weighted by atomic mass is 10.1. The lowest BCUT2D eigenvalue weighted by molar-refractivity contribution is -0.132. The van der Waals surface area contributed by atoms with Crippen LogP contribution >= 0.6 is 0 Å². The highest BCUT2D eigenvalue weighted by molar-refractivity contribution is 7.92. The first-order valence-corrected chi connectivity index (χ1v) is 10.0. The van der Waals surface area contributed by atoms with E-state index in [2.05, 4.69) is 0 Å². The van der Waals surface area contributed by atoms with Gasteiger partial charge in [-0.1, -0.05) is 18.2 Å². The highest BCUT2D eigenvalue weighted by Crippen LogP contribution is 2.23. The first-order valence-electron chi connectivity index (χ1n) is 8.20. The van der Waals surface area contributed by atoms with Gasteiger partial charge in [-0.15, -0.1) is 0 Å². The number of amides is 2. The molecule has 2 N–H and O–H groups in total. The van der Waals surface area contributed by atoms with Gasteiger partial charge in [-0.25, -0.2) is 12.8 Å². The molecule has 0 unspecified atom stereocenters. The molecular formula is C18H18F3N3O4S. The third-order valence-electron chi connectivity index (χ3n) is 3.82. The van der Waals surface area contributed by atoms with Crippen molar-refractivity contribution in [3.05, 3.63) is 65.0 Å². The first-order chi connectivity index (χ1) is 13.5. The second-order valence-corrected chi connectivity index (χ2v) is 8.07. The third-order valence-corrected chi connectivity index (χ3v) is 4.96. The number of halogens is 3. The Labute approximate surface area is 165 Å². The number of nitrogens with one attached hydrogen (secondary N) is 2. The van der Waals surface area contributed by atoms with Crippen molar-refractivity contribution in [3.63, 3.8) is 0 Å². The molecule has 0 saturated carbocycles. The number of nitrogens with zero attached hydrogens (tertiary/aromatic N) is 1. The van der Waals surface area contributed by atoms with E-state index in [1.807, 2.05) is 0 Å². The molecule has 0 aliphatic rings. The standard InChI is InChI=1S/C18H18F3N3O4S/c1-11-4-3-5-14(8-11)24(29(2,27)28)10-13-7-6-12(9-15(13)19)17(25)22-23-18(26)16(20)21/h3-9,16H,10H2,1-2H3,(H,22,25)(H,23,26). The van der Waals surface area contributed by atoms with Crippen molar-refractivity contribution >= 4 is 27.5 Å². The van der Waals surface area contributed by atoms with Gasteiger partial charge in [0.15, 0.2) is 0 Å². The van der Waals surface area contributed by atoms with Gasteiger partial charge in [0.25, 0.3) is 5.91 Å². The number of carbonyl (C=O) groups excluding carboxylic acids is 2. The Morgan fingerprint density at radius 1 is 1.10 bits per heavy atom. The highest BCUT2D eigenvalue weighted by Gasteiger charge is 2.21. The average Bonchev–Trinajstić information content (AvgIpc) is 2.63. The maximum atomic E-state index is 14.5. The van der Waals surface area contributed by atoms with Crippen molar-refractivity contribution in [2.75, 3.05) is 10.6 Å². The molecule has 0 fully saturated rings. The Morgan fingerprint density at radius 3 is 2.34 bits per heavy atom. The van der Waals surface area contributed by atoms with Crippen LogP contribution in [0.3, 0.4) is 0 Å². The summed E-state index contributed by atoms with van der Waals surface area (Å²) in [5.41, 5.74) is 4.13. The third kappa shape index (κ3) is 5.95. The number of hydrogen-bond donors (Lipinski definition) is 2. The van der Waals surface area contributed by atoms with Crippen molar-refractivity contribution < 1.29 is 31.2 Å². The summed E-state index contributed by atoms with van der Waals surface area (Å²) in [5, 5.41) is 0. The van der Waals surface area contributed by atoms with Gasteiger partial charge in [-0.2, -0.15) is 8.78 Å². The quantitative estimate of drug-likeness (QED) is 0.688. The lowest BCUT2D eigenvalue weighted by Gasteiger charge is -2.23. The molecule has 11 heteroatoms. The minimum absolute atomic E-state index is 0.00917. The molecule has 29 heavy (non-hydrogen) atoms. The molecular weight excluding hydrogens is 411 g/mol. The van der Waals surface area contributed by atoms with Gasteiger partial charge in [-0.3, -0.25) is 24.7 Å². The molecule has 0 aliphatic heterocycles. The van der Waals surface area contributed by atoms with E-state index in [0.29, 0.717) is 5.69 Å². The monoisotopic (exact) mass is 429 g/mol. The Hall–Kier alpha value is -3.08. The Kier molecular flexibility index (Phi) is 6.85. The van der Waals surface area contributed by atoms with Gasteiger partial charge in [0.2, 0.25) is 10.0 Å². The zero-order valence-corrected chi connectivity index (χ0v) is 16.3. The lowest BCUT2D eigenvalue weighted by Crippen LogP contribution is -2.44. The fourth-order valence-corrected chi connectivity index (χ4v) is 3.27. The summed E-state index contributed by atoms with van der Waals surface area (Å²) in [5.74, 6) is -3.60. The first kappa shape index (κ1) is 22.2. The van der Waals surface area contributed by atoms with Gasteiger partial charge >= 0.3 is 12.3 Å². The number of rotatable bonds is 6. The smallest absolute Gasteiger partial charge is 0.267 e. The number of hydrogen-bond acceptors (Lipinski definition) is 4. The van der Waals surface area contributed by atoms with Crippen LogP contribution in [0, 0.1) is 12.7 Å². The van der Waals surface area contributed by atoms with Gasteiger partial charge in [-0.05, 0) is 36.8 Å². The van der Waals surface area contributed by atoms with E-state index >= 15 is 0 Å². The zero-order chi connectivity index (χ0) is 21.8. The van der Waals surface area contributed by atoms with E-state index in [1.165, 1.54) is 17.6 Å². The summed E-state index contributed by atoms with van der Waals surface area (Å²) in [6.45, 7) is 1.46. The summed E-state index contributed by atoms with van der Waals surface area (Å²) in [7, 11) is -3.73. The molecule has 0 heterocycles. The van der Waals surface area contributed by atoms with Crippen LogP contribution in [0.2, 0.25) is 0 Å². The van der Waals surface area contributed by atoms with Crippen molar-refractivity contribution in [1.29, 1.82) is 0 Å². The number of alkyl halides is 2.